The van der Waals surface area contributed by atoms with E-state index in [4.69, 9.17) is 4.42 Å². The fourth-order valence-electron chi connectivity index (χ4n) is 3.32. The van der Waals surface area contributed by atoms with Gasteiger partial charge < -0.3 is 15.1 Å². The van der Waals surface area contributed by atoms with Gasteiger partial charge in [0.05, 0.1) is 17.2 Å². The molecule has 8 nitrogen and oxygen atoms in total. The van der Waals surface area contributed by atoms with Gasteiger partial charge in [-0.25, -0.2) is 0 Å². The minimum atomic E-state index is -0.388. The predicted octanol–water partition coefficient (Wildman–Crippen LogP) is 3.31. The van der Waals surface area contributed by atoms with Crippen LogP contribution in [0.2, 0.25) is 0 Å². The zero-order valence-electron chi connectivity index (χ0n) is 15.8. The predicted molar refractivity (Wildman–Crippen MR) is 119 cm³/mol. The molecule has 1 aromatic heterocycles. The van der Waals surface area contributed by atoms with Gasteiger partial charge in [0.1, 0.15) is 5.76 Å². The SMILES string of the molecule is CN=C(NCc1cccc([N+](=O)[O-])c1)NCC(c1ccco1)N1CCCC1.I. The van der Waals surface area contributed by atoms with Gasteiger partial charge in [0.25, 0.3) is 5.69 Å². The van der Waals surface area contributed by atoms with Crippen molar-refractivity contribution in [3.8, 4) is 0 Å². The second-order valence-electron chi connectivity index (χ2n) is 6.51. The summed E-state index contributed by atoms with van der Waals surface area (Å²) in [4.78, 5) is 17.2. The number of hydrogen-bond acceptors (Lipinski definition) is 5. The lowest BCUT2D eigenvalue weighted by atomic mass is 10.2. The highest BCUT2D eigenvalue weighted by atomic mass is 127. The van der Waals surface area contributed by atoms with E-state index in [2.05, 4.69) is 20.5 Å². The second-order valence-corrected chi connectivity index (χ2v) is 6.51. The normalized spacial score (nSPS) is 15.7. The molecule has 2 heterocycles. The maximum Gasteiger partial charge on any atom is 0.269 e. The Hall–Kier alpha value is -2.14. The van der Waals surface area contributed by atoms with Gasteiger partial charge >= 0.3 is 0 Å². The van der Waals surface area contributed by atoms with Crippen LogP contribution in [0.4, 0.5) is 5.69 Å². The first-order valence-electron chi connectivity index (χ1n) is 9.12. The Morgan fingerprint density at radius 3 is 2.71 bits per heavy atom. The molecule has 0 spiro atoms. The maximum absolute atomic E-state index is 10.9. The molecule has 2 aromatic rings. The van der Waals surface area contributed by atoms with Crippen LogP contribution in [0.5, 0.6) is 0 Å². The van der Waals surface area contributed by atoms with Gasteiger partial charge in [0.15, 0.2) is 5.96 Å². The first-order valence-corrected chi connectivity index (χ1v) is 9.12. The largest absolute Gasteiger partial charge is 0.468 e. The van der Waals surface area contributed by atoms with Crippen LogP contribution in [-0.2, 0) is 6.54 Å². The molecule has 0 saturated carbocycles. The topological polar surface area (TPSA) is 95.9 Å². The molecule has 1 aromatic carbocycles. The molecule has 9 heteroatoms. The maximum atomic E-state index is 10.9. The van der Waals surface area contributed by atoms with Crippen molar-refractivity contribution in [3.05, 3.63) is 64.1 Å². The lowest BCUT2D eigenvalue weighted by molar-refractivity contribution is -0.384. The quantitative estimate of drug-likeness (QED) is 0.200. The van der Waals surface area contributed by atoms with E-state index in [0.717, 1.165) is 24.4 Å². The van der Waals surface area contributed by atoms with Gasteiger partial charge in [-0.3, -0.25) is 20.0 Å². The minimum Gasteiger partial charge on any atom is -0.468 e. The van der Waals surface area contributed by atoms with Gasteiger partial charge in [-0.1, -0.05) is 12.1 Å². The third-order valence-corrected chi connectivity index (χ3v) is 4.72. The van der Waals surface area contributed by atoms with Crippen molar-refractivity contribution in [1.82, 2.24) is 15.5 Å². The Balaban J connectivity index is 0.00000280. The first-order chi connectivity index (χ1) is 13.2. The number of likely N-dealkylation sites (tertiary alicyclic amines) is 1. The molecule has 3 rings (SSSR count). The summed E-state index contributed by atoms with van der Waals surface area (Å²) in [6.07, 6.45) is 4.11. The molecule has 0 amide bonds. The molecular formula is C19H26IN5O3. The van der Waals surface area contributed by atoms with Crippen molar-refractivity contribution in [2.75, 3.05) is 26.7 Å². The van der Waals surface area contributed by atoms with Crippen molar-refractivity contribution in [3.63, 3.8) is 0 Å². The smallest absolute Gasteiger partial charge is 0.269 e. The average molecular weight is 499 g/mol. The first kappa shape index (κ1) is 22.2. The number of hydrogen-bond donors (Lipinski definition) is 2. The number of guanidine groups is 1. The fraction of sp³-hybridized carbons (Fsp3) is 0.421. The number of halogens is 1. The number of nitro benzene ring substituents is 1. The molecule has 1 saturated heterocycles. The van der Waals surface area contributed by atoms with E-state index < -0.39 is 0 Å². The number of rotatable bonds is 7. The molecule has 1 aliphatic heterocycles. The molecule has 1 atom stereocenters. The highest BCUT2D eigenvalue weighted by Crippen LogP contribution is 2.24. The molecule has 0 aliphatic carbocycles. The van der Waals surface area contributed by atoms with Crippen molar-refractivity contribution in [2.45, 2.75) is 25.4 Å². The molecular weight excluding hydrogens is 473 g/mol. The van der Waals surface area contributed by atoms with Crippen molar-refractivity contribution in [1.29, 1.82) is 0 Å². The monoisotopic (exact) mass is 499 g/mol. The Kier molecular flexibility index (Phi) is 8.71. The van der Waals surface area contributed by atoms with E-state index in [0.29, 0.717) is 19.0 Å². The summed E-state index contributed by atoms with van der Waals surface area (Å²) in [7, 11) is 1.71. The van der Waals surface area contributed by atoms with Crippen molar-refractivity contribution < 1.29 is 9.34 Å². The third-order valence-electron chi connectivity index (χ3n) is 4.72. The van der Waals surface area contributed by atoms with Crippen LogP contribution in [-0.4, -0.2) is 42.5 Å². The molecule has 28 heavy (non-hydrogen) atoms. The summed E-state index contributed by atoms with van der Waals surface area (Å²) >= 11 is 0. The van der Waals surface area contributed by atoms with Crippen LogP contribution in [0, 0.1) is 10.1 Å². The van der Waals surface area contributed by atoms with Crippen LogP contribution in [0.1, 0.15) is 30.2 Å². The zero-order chi connectivity index (χ0) is 19.1. The molecule has 2 N–H and O–H groups in total. The second kappa shape index (κ2) is 11.0. The molecule has 1 unspecified atom stereocenters. The van der Waals surface area contributed by atoms with Gasteiger partial charge in [-0.2, -0.15) is 0 Å². The zero-order valence-corrected chi connectivity index (χ0v) is 18.2. The number of aliphatic imine (C=N–C) groups is 1. The Bertz CT molecular complexity index is 776. The van der Waals surface area contributed by atoms with Gasteiger partial charge in [0, 0.05) is 32.3 Å². The average Bonchev–Trinajstić information content (AvgIpc) is 3.39. The number of non-ortho nitro benzene ring substituents is 1. The van der Waals surface area contributed by atoms with E-state index in [1.54, 1.807) is 25.4 Å². The minimum absolute atomic E-state index is 0. The summed E-state index contributed by atoms with van der Waals surface area (Å²) in [5, 5.41) is 17.5. The molecule has 1 aliphatic rings. The van der Waals surface area contributed by atoms with Crippen molar-refractivity contribution in [2.24, 2.45) is 4.99 Å². The number of benzene rings is 1. The standard InChI is InChI=1S/C19H25N5O3.HI/c1-20-19(21-13-15-6-4-7-16(12-15)24(25)26)22-14-17(18-8-5-11-27-18)23-9-2-3-10-23;/h4-8,11-12,17H,2-3,9-10,13-14H2,1H3,(H2,20,21,22);1H. The Morgan fingerprint density at radius 2 is 2.07 bits per heavy atom. The Morgan fingerprint density at radius 1 is 1.29 bits per heavy atom. The highest BCUT2D eigenvalue weighted by molar-refractivity contribution is 14.0. The lowest BCUT2D eigenvalue weighted by Crippen LogP contribution is -2.42. The van der Waals surface area contributed by atoms with E-state index in [1.165, 1.54) is 18.9 Å². The van der Waals surface area contributed by atoms with Crippen LogP contribution in [0.15, 0.2) is 52.1 Å². The van der Waals surface area contributed by atoms with Crippen molar-refractivity contribution >= 4 is 35.6 Å². The summed E-state index contributed by atoms with van der Waals surface area (Å²) < 4.78 is 5.63. The van der Waals surface area contributed by atoms with Gasteiger partial charge in [-0.05, 0) is 43.6 Å². The van der Waals surface area contributed by atoms with Gasteiger partial charge in [-0.15, -0.1) is 24.0 Å². The number of furan rings is 1. The van der Waals surface area contributed by atoms with E-state index in [1.807, 2.05) is 18.2 Å². The molecule has 0 radical (unpaired) electrons. The molecule has 0 bridgehead atoms. The Labute approximate surface area is 181 Å². The fourth-order valence-corrected chi connectivity index (χ4v) is 3.32. The summed E-state index contributed by atoms with van der Waals surface area (Å²) in [6, 6.07) is 10.7. The summed E-state index contributed by atoms with van der Waals surface area (Å²) in [5.41, 5.74) is 0.915. The summed E-state index contributed by atoms with van der Waals surface area (Å²) in [6.45, 7) is 3.25. The van der Waals surface area contributed by atoms with Gasteiger partial charge in [0.2, 0.25) is 0 Å². The number of nitrogens with zero attached hydrogens (tertiary/aromatic N) is 3. The molecule has 1 fully saturated rings. The number of nitrogens with one attached hydrogen (secondary N) is 2. The highest BCUT2D eigenvalue weighted by Gasteiger charge is 2.25. The van der Waals surface area contributed by atoms with E-state index in [9.17, 15) is 10.1 Å². The van der Waals surface area contributed by atoms with Crippen LogP contribution in [0.3, 0.4) is 0 Å². The van der Waals surface area contributed by atoms with E-state index in [-0.39, 0.29) is 40.6 Å². The summed E-state index contributed by atoms with van der Waals surface area (Å²) in [5.74, 6) is 1.59. The third kappa shape index (κ3) is 5.93. The van der Waals surface area contributed by atoms with Crippen LogP contribution in [0.25, 0.3) is 0 Å². The number of nitro groups is 1. The molecule has 152 valence electrons. The lowest BCUT2D eigenvalue weighted by Gasteiger charge is -2.26. The van der Waals surface area contributed by atoms with Crippen LogP contribution >= 0.6 is 24.0 Å². The van der Waals surface area contributed by atoms with E-state index >= 15 is 0 Å². The van der Waals surface area contributed by atoms with Crippen LogP contribution < -0.4 is 10.6 Å².